The quantitative estimate of drug-likeness (QED) is 0.443. The monoisotopic (exact) mass is 481 g/mol. The van der Waals surface area contributed by atoms with Gasteiger partial charge in [0.05, 0.1) is 10.7 Å². The number of phosphoric acid groups is 1. The Bertz CT molecular complexity index is 1330. The smallest absolute Gasteiger partial charge is 0.404 e. The second-order valence-corrected chi connectivity index (χ2v) is 8.60. The number of benzene rings is 1. The number of hydrogen-bond donors (Lipinski definition) is 3. The molecule has 2 aliphatic rings. The number of nitrogens with zero attached hydrogens (tertiary/aromatic N) is 1. The zero-order valence-corrected chi connectivity index (χ0v) is 17.3. The third kappa shape index (κ3) is 4.10. The van der Waals surface area contributed by atoms with E-state index < -0.39 is 56.8 Å². The van der Waals surface area contributed by atoms with Crippen molar-refractivity contribution in [3.8, 4) is 5.75 Å². The topological polar surface area (TPSA) is 132 Å². The standard InChI is InChI=1S/C17H17F2N2O8PS/c1-8-5-21(16(24)20-14(8)31)15-12(22)13(23)17(19,28-15)7-27-30(25)26-6-9-4-10(18)2-3-11(9)29-30/h2-5,12-13,15,22-23H,6-7H2,1H3,(H,20,24,31)/t12-,13+,15-,17-,30?/m1/s1/i7D2,15D. The van der Waals surface area contributed by atoms with Crippen LogP contribution in [0.1, 0.15) is 21.4 Å². The highest BCUT2D eigenvalue weighted by atomic mass is 32.1. The second-order valence-electron chi connectivity index (χ2n) is 6.67. The number of phosphoric ester groups is 1. The molecule has 1 saturated heterocycles. The molecule has 1 aromatic carbocycles. The van der Waals surface area contributed by atoms with Gasteiger partial charge in [-0.1, -0.05) is 12.2 Å². The Morgan fingerprint density at radius 3 is 3.03 bits per heavy atom. The largest absolute Gasteiger partial charge is 0.530 e. The number of fused-ring (bicyclic) bond motifs is 1. The van der Waals surface area contributed by atoms with Crippen LogP contribution in [0.25, 0.3) is 0 Å². The molecule has 3 heterocycles. The molecule has 10 nitrogen and oxygen atoms in total. The molecule has 0 spiro atoms. The number of hydrogen-bond acceptors (Lipinski definition) is 9. The zero-order chi connectivity index (χ0) is 25.3. The van der Waals surface area contributed by atoms with Crippen LogP contribution < -0.4 is 10.2 Å². The number of aryl methyl sites for hydroxylation is 1. The Hall–Kier alpha value is -1.99. The lowest BCUT2D eigenvalue weighted by atomic mass is 10.1. The van der Waals surface area contributed by atoms with Gasteiger partial charge in [-0.15, -0.1) is 0 Å². The summed E-state index contributed by atoms with van der Waals surface area (Å²) in [5, 5.41) is 20.7. The van der Waals surface area contributed by atoms with Gasteiger partial charge in [-0.25, -0.2) is 18.1 Å². The van der Waals surface area contributed by atoms with Gasteiger partial charge in [-0.2, -0.15) is 0 Å². The Morgan fingerprint density at radius 2 is 2.29 bits per heavy atom. The van der Waals surface area contributed by atoms with Crippen LogP contribution in [-0.4, -0.2) is 44.4 Å². The maximum absolute atomic E-state index is 15.8. The lowest BCUT2D eigenvalue weighted by Crippen LogP contribution is -2.43. The molecule has 4 rings (SSSR count). The van der Waals surface area contributed by atoms with E-state index >= 15 is 4.39 Å². The van der Waals surface area contributed by atoms with Crippen LogP contribution in [0.3, 0.4) is 0 Å². The predicted molar refractivity (Wildman–Crippen MR) is 102 cm³/mol. The van der Waals surface area contributed by atoms with Gasteiger partial charge >= 0.3 is 13.5 Å². The van der Waals surface area contributed by atoms with Crippen molar-refractivity contribution < 1.29 is 46.0 Å². The van der Waals surface area contributed by atoms with E-state index in [1.54, 1.807) is 0 Å². The first-order valence-corrected chi connectivity index (χ1v) is 10.5. The number of nitrogens with one attached hydrogen (secondary N) is 1. The van der Waals surface area contributed by atoms with E-state index in [2.05, 4.69) is 9.51 Å². The van der Waals surface area contributed by atoms with Crippen molar-refractivity contribution in [1.82, 2.24) is 9.55 Å². The number of alkyl halides is 1. The van der Waals surface area contributed by atoms with Crippen molar-refractivity contribution in [2.45, 2.75) is 37.8 Å². The molecule has 31 heavy (non-hydrogen) atoms. The molecule has 0 amide bonds. The maximum Gasteiger partial charge on any atom is 0.530 e. The minimum atomic E-state index is -4.92. The van der Waals surface area contributed by atoms with Crippen molar-refractivity contribution in [2.75, 3.05) is 6.56 Å². The molecular weight excluding hydrogens is 461 g/mol. The summed E-state index contributed by atoms with van der Waals surface area (Å²) >= 11 is 4.89. The second kappa shape index (κ2) is 7.85. The number of halogens is 2. The summed E-state index contributed by atoms with van der Waals surface area (Å²) in [6.45, 7) is -3.00. The fourth-order valence-electron chi connectivity index (χ4n) is 2.82. The number of aromatic nitrogens is 2. The van der Waals surface area contributed by atoms with E-state index in [1.807, 2.05) is 0 Å². The Morgan fingerprint density at radius 1 is 1.55 bits per heavy atom. The highest BCUT2D eigenvalue weighted by Gasteiger charge is 2.57. The third-order valence-electron chi connectivity index (χ3n) is 4.45. The van der Waals surface area contributed by atoms with Crippen LogP contribution in [0.15, 0.2) is 29.2 Å². The number of H-pyrrole nitrogens is 1. The minimum Gasteiger partial charge on any atom is -0.404 e. The molecule has 1 aromatic heterocycles. The van der Waals surface area contributed by atoms with Crippen LogP contribution in [0.4, 0.5) is 8.78 Å². The average Bonchev–Trinajstić information content (AvgIpc) is 2.92. The zero-order valence-electron chi connectivity index (χ0n) is 18.6. The molecule has 2 aromatic rings. The van der Waals surface area contributed by atoms with Crippen LogP contribution in [0, 0.1) is 17.4 Å². The van der Waals surface area contributed by atoms with Crippen LogP contribution >= 0.6 is 20.0 Å². The molecule has 0 aliphatic carbocycles. The van der Waals surface area contributed by atoms with E-state index in [9.17, 15) is 24.0 Å². The van der Waals surface area contributed by atoms with Gasteiger partial charge in [0.2, 0.25) is 0 Å². The van der Waals surface area contributed by atoms with E-state index in [0.717, 1.165) is 24.4 Å². The lowest BCUT2D eigenvalue weighted by Gasteiger charge is -2.28. The van der Waals surface area contributed by atoms with Gasteiger partial charge in [-0.05, 0) is 25.1 Å². The first-order chi connectivity index (χ1) is 15.6. The molecule has 0 bridgehead atoms. The summed E-state index contributed by atoms with van der Waals surface area (Å²) in [4.78, 5) is 14.5. The molecule has 3 N–H and O–H groups in total. The molecule has 0 radical (unpaired) electrons. The van der Waals surface area contributed by atoms with Gasteiger partial charge in [0.25, 0.3) is 5.85 Å². The van der Waals surface area contributed by atoms with Crippen LogP contribution in [-0.2, 0) is 25.0 Å². The number of aliphatic hydroxyl groups is 2. The molecule has 2 aliphatic heterocycles. The highest BCUT2D eigenvalue weighted by molar-refractivity contribution is 7.71. The summed E-state index contributed by atoms with van der Waals surface area (Å²) in [5.41, 5.74) is -0.802. The Kier molecular flexibility index (Phi) is 4.70. The van der Waals surface area contributed by atoms with Crippen LogP contribution in [0.5, 0.6) is 5.75 Å². The highest BCUT2D eigenvalue weighted by Crippen LogP contribution is 2.55. The number of rotatable bonds is 4. The predicted octanol–water partition coefficient (Wildman–Crippen LogP) is 2.00. The van der Waals surface area contributed by atoms with Crippen molar-refractivity contribution in [1.29, 1.82) is 0 Å². The summed E-state index contributed by atoms with van der Waals surface area (Å²) in [6, 6.07) is 3.03. The molecule has 1 fully saturated rings. The fraction of sp³-hybridized carbons (Fsp3) is 0.412. The van der Waals surface area contributed by atoms with Crippen molar-refractivity contribution in [2.24, 2.45) is 0 Å². The SMILES string of the molecule is [2H]C([2H])(OP1(=O)OCc2cc(F)ccc2O1)[C@@]1(F)O[C@@]([2H])(n2cc(C)c(=S)[nH]c2=O)[C@H](O)[C@@H]1O. The first-order valence-electron chi connectivity index (χ1n) is 10.1. The normalized spacial score (nSPS) is 36.7. The average molecular weight is 481 g/mol. The molecular formula is C17H17F2N2O8PS. The van der Waals surface area contributed by atoms with E-state index in [4.69, 9.17) is 30.1 Å². The van der Waals surface area contributed by atoms with E-state index in [1.165, 1.54) is 6.92 Å². The molecule has 1 unspecified atom stereocenters. The molecule has 14 heteroatoms. The van der Waals surface area contributed by atoms with Crippen LogP contribution in [0.2, 0.25) is 0 Å². The van der Waals surface area contributed by atoms with Crippen molar-refractivity contribution >= 4 is 20.0 Å². The fourth-order valence-corrected chi connectivity index (χ4v) is 4.06. The van der Waals surface area contributed by atoms with E-state index in [-0.39, 0.29) is 21.5 Å². The number of aromatic amines is 1. The summed E-state index contributed by atoms with van der Waals surface area (Å²) < 4.78 is 85.9. The molecule has 0 saturated carbocycles. The van der Waals surface area contributed by atoms with Crippen molar-refractivity contribution in [3.63, 3.8) is 0 Å². The van der Waals surface area contributed by atoms with Gasteiger partial charge in [0, 0.05) is 17.3 Å². The lowest BCUT2D eigenvalue weighted by molar-refractivity contribution is -0.205. The van der Waals surface area contributed by atoms with Crippen molar-refractivity contribution in [3.05, 3.63) is 56.5 Å². The van der Waals surface area contributed by atoms with Gasteiger partial charge < -0.3 is 19.5 Å². The number of ether oxygens (including phenoxy) is 1. The molecule has 5 atom stereocenters. The summed E-state index contributed by atoms with van der Waals surface area (Å²) in [6.07, 6.45) is -7.50. The molecule has 168 valence electrons. The van der Waals surface area contributed by atoms with Gasteiger partial charge in [-0.3, -0.25) is 18.6 Å². The summed E-state index contributed by atoms with van der Waals surface area (Å²) in [5.74, 6) is -4.90. The minimum absolute atomic E-state index is 0.0204. The Labute approximate surface area is 182 Å². The third-order valence-corrected chi connectivity index (χ3v) is 6.06. The number of aliphatic hydroxyl groups excluding tert-OH is 2. The van der Waals surface area contributed by atoms with Gasteiger partial charge in [0.15, 0.2) is 6.20 Å². The maximum atomic E-state index is 15.8. The van der Waals surface area contributed by atoms with E-state index in [0.29, 0.717) is 4.57 Å². The summed E-state index contributed by atoms with van der Waals surface area (Å²) in [7, 11) is -4.92. The first kappa shape index (κ1) is 18.6. The Balaban J connectivity index is 1.67. The van der Waals surface area contributed by atoms with Gasteiger partial charge in [0.1, 0.15) is 35.0 Å².